The van der Waals surface area contributed by atoms with Crippen molar-refractivity contribution in [3.05, 3.63) is 0 Å². The molecule has 0 aromatic rings. The van der Waals surface area contributed by atoms with E-state index in [2.05, 4.69) is 0 Å². The molecule has 0 radical (unpaired) electrons. The maximum atomic E-state index is 9.25. The van der Waals surface area contributed by atoms with Crippen molar-refractivity contribution in [2.24, 2.45) is 29.6 Å². The van der Waals surface area contributed by atoms with Gasteiger partial charge in [-0.15, -0.1) is 0 Å². The molecular formula is C11H18O2. The van der Waals surface area contributed by atoms with Crippen molar-refractivity contribution in [1.82, 2.24) is 0 Å². The predicted octanol–water partition coefficient (Wildman–Crippen LogP) is 1.37. The van der Waals surface area contributed by atoms with Crippen molar-refractivity contribution < 1.29 is 10.2 Å². The molecule has 3 rings (SSSR count). The summed E-state index contributed by atoms with van der Waals surface area (Å²) in [7, 11) is 0. The molecule has 0 spiro atoms. The molecule has 0 aromatic heterocycles. The summed E-state index contributed by atoms with van der Waals surface area (Å²) in [5, 5.41) is 18.5. The lowest BCUT2D eigenvalue weighted by Gasteiger charge is -2.32. The molecule has 0 saturated heterocycles. The van der Waals surface area contributed by atoms with E-state index in [9.17, 15) is 10.2 Å². The first-order valence-corrected chi connectivity index (χ1v) is 5.63. The SMILES string of the molecule is OC(O)C1CC2CC1C1CCCC21. The van der Waals surface area contributed by atoms with E-state index in [1.807, 2.05) is 0 Å². The lowest BCUT2D eigenvalue weighted by Crippen LogP contribution is -2.32. The van der Waals surface area contributed by atoms with E-state index >= 15 is 0 Å². The summed E-state index contributed by atoms with van der Waals surface area (Å²) >= 11 is 0. The van der Waals surface area contributed by atoms with Crippen molar-refractivity contribution >= 4 is 0 Å². The maximum absolute atomic E-state index is 9.25. The molecule has 5 atom stereocenters. The number of hydrogen-bond donors (Lipinski definition) is 2. The Morgan fingerprint density at radius 3 is 2.46 bits per heavy atom. The fourth-order valence-electron chi connectivity index (χ4n) is 4.46. The van der Waals surface area contributed by atoms with Gasteiger partial charge in [-0.1, -0.05) is 6.42 Å². The second-order valence-electron chi connectivity index (χ2n) is 5.23. The highest BCUT2D eigenvalue weighted by molar-refractivity contribution is 5.03. The van der Waals surface area contributed by atoms with Crippen molar-refractivity contribution in [1.29, 1.82) is 0 Å². The lowest BCUT2D eigenvalue weighted by atomic mass is 9.75. The van der Waals surface area contributed by atoms with E-state index in [0.717, 1.165) is 24.2 Å². The van der Waals surface area contributed by atoms with Gasteiger partial charge in [0.1, 0.15) is 0 Å². The van der Waals surface area contributed by atoms with E-state index in [0.29, 0.717) is 5.92 Å². The van der Waals surface area contributed by atoms with Gasteiger partial charge in [0, 0.05) is 5.92 Å². The molecule has 74 valence electrons. The summed E-state index contributed by atoms with van der Waals surface area (Å²) in [5.41, 5.74) is 0. The number of hydrogen-bond acceptors (Lipinski definition) is 2. The Morgan fingerprint density at radius 1 is 0.923 bits per heavy atom. The zero-order valence-corrected chi connectivity index (χ0v) is 7.89. The van der Waals surface area contributed by atoms with Crippen LogP contribution in [0.15, 0.2) is 0 Å². The van der Waals surface area contributed by atoms with Gasteiger partial charge < -0.3 is 10.2 Å². The average Bonchev–Trinajstić information content (AvgIpc) is 2.75. The minimum absolute atomic E-state index is 0.212. The highest BCUT2D eigenvalue weighted by Crippen LogP contribution is 2.61. The fourth-order valence-corrected chi connectivity index (χ4v) is 4.46. The molecule has 3 aliphatic rings. The first-order valence-electron chi connectivity index (χ1n) is 5.63. The molecule has 0 aromatic carbocycles. The second kappa shape index (κ2) is 2.71. The molecule has 13 heavy (non-hydrogen) atoms. The molecule has 2 N–H and O–H groups in total. The monoisotopic (exact) mass is 182 g/mol. The summed E-state index contributed by atoms with van der Waals surface area (Å²) in [6, 6.07) is 0. The van der Waals surface area contributed by atoms with Gasteiger partial charge in [-0.25, -0.2) is 0 Å². The molecule has 3 aliphatic carbocycles. The Hall–Kier alpha value is -0.0800. The molecule has 2 heteroatoms. The van der Waals surface area contributed by atoms with Crippen LogP contribution in [0.1, 0.15) is 32.1 Å². The van der Waals surface area contributed by atoms with Gasteiger partial charge in [-0.2, -0.15) is 0 Å². The van der Waals surface area contributed by atoms with Crippen LogP contribution < -0.4 is 0 Å². The Kier molecular flexibility index (Phi) is 1.72. The first kappa shape index (κ1) is 8.25. The van der Waals surface area contributed by atoms with E-state index in [1.54, 1.807) is 0 Å². The molecule has 5 unspecified atom stereocenters. The van der Waals surface area contributed by atoms with Gasteiger partial charge in [0.15, 0.2) is 6.29 Å². The summed E-state index contributed by atoms with van der Waals surface area (Å²) in [5.74, 6) is 3.51. The van der Waals surface area contributed by atoms with Crippen molar-refractivity contribution in [2.45, 2.75) is 38.4 Å². The fraction of sp³-hybridized carbons (Fsp3) is 1.00. The largest absolute Gasteiger partial charge is 0.368 e. The molecule has 3 saturated carbocycles. The third kappa shape index (κ3) is 1.02. The second-order valence-corrected chi connectivity index (χ2v) is 5.23. The first-order chi connectivity index (χ1) is 6.27. The third-order valence-corrected chi connectivity index (χ3v) is 4.86. The van der Waals surface area contributed by atoms with Crippen LogP contribution in [0.2, 0.25) is 0 Å². The summed E-state index contributed by atoms with van der Waals surface area (Å²) in [6.45, 7) is 0. The standard InChI is InChI=1S/C11H18O2/c12-11(13)10-5-6-4-9(10)8-3-1-2-7(6)8/h6-13H,1-5H2. The van der Waals surface area contributed by atoms with E-state index < -0.39 is 6.29 Å². The van der Waals surface area contributed by atoms with Crippen molar-refractivity contribution in [2.75, 3.05) is 0 Å². The van der Waals surface area contributed by atoms with Crippen LogP contribution in [0.3, 0.4) is 0 Å². The quantitative estimate of drug-likeness (QED) is 0.601. The van der Waals surface area contributed by atoms with Crippen molar-refractivity contribution in [3.63, 3.8) is 0 Å². The topological polar surface area (TPSA) is 40.5 Å². The minimum Gasteiger partial charge on any atom is -0.368 e. The Morgan fingerprint density at radius 2 is 1.69 bits per heavy atom. The molecule has 0 amide bonds. The van der Waals surface area contributed by atoms with Crippen LogP contribution in [0.25, 0.3) is 0 Å². The highest BCUT2D eigenvalue weighted by atomic mass is 16.5. The van der Waals surface area contributed by atoms with Gasteiger partial charge in [-0.3, -0.25) is 0 Å². The molecule has 2 bridgehead atoms. The van der Waals surface area contributed by atoms with Crippen LogP contribution in [-0.2, 0) is 0 Å². The molecule has 3 fully saturated rings. The van der Waals surface area contributed by atoms with Crippen LogP contribution in [0.5, 0.6) is 0 Å². The van der Waals surface area contributed by atoms with E-state index in [-0.39, 0.29) is 5.92 Å². The van der Waals surface area contributed by atoms with Crippen LogP contribution in [0, 0.1) is 29.6 Å². The Labute approximate surface area is 79.0 Å². The average molecular weight is 182 g/mol. The highest BCUT2D eigenvalue weighted by Gasteiger charge is 2.55. The third-order valence-electron chi connectivity index (χ3n) is 4.86. The zero-order chi connectivity index (χ0) is 9.00. The number of aliphatic hydroxyl groups is 2. The number of fused-ring (bicyclic) bond motifs is 5. The van der Waals surface area contributed by atoms with Crippen LogP contribution >= 0.6 is 0 Å². The van der Waals surface area contributed by atoms with Gasteiger partial charge >= 0.3 is 0 Å². The van der Waals surface area contributed by atoms with E-state index in [1.165, 1.54) is 25.7 Å². The van der Waals surface area contributed by atoms with Crippen LogP contribution in [0.4, 0.5) is 0 Å². The van der Waals surface area contributed by atoms with Crippen LogP contribution in [-0.4, -0.2) is 16.5 Å². The minimum atomic E-state index is -1.04. The molecular weight excluding hydrogens is 164 g/mol. The van der Waals surface area contributed by atoms with E-state index in [4.69, 9.17) is 0 Å². The van der Waals surface area contributed by atoms with Crippen molar-refractivity contribution in [3.8, 4) is 0 Å². The Balaban J connectivity index is 1.82. The van der Waals surface area contributed by atoms with Gasteiger partial charge in [-0.05, 0) is 49.4 Å². The van der Waals surface area contributed by atoms with Gasteiger partial charge in [0.05, 0.1) is 0 Å². The normalized spacial score (nSPS) is 53.3. The number of aliphatic hydroxyl groups excluding tert-OH is 1. The molecule has 0 aliphatic heterocycles. The lowest BCUT2D eigenvalue weighted by molar-refractivity contribution is -0.108. The zero-order valence-electron chi connectivity index (χ0n) is 7.89. The number of rotatable bonds is 1. The summed E-state index contributed by atoms with van der Waals surface area (Å²) in [4.78, 5) is 0. The molecule has 0 heterocycles. The van der Waals surface area contributed by atoms with Gasteiger partial charge in [0.25, 0.3) is 0 Å². The predicted molar refractivity (Wildman–Crippen MR) is 48.8 cm³/mol. The smallest absolute Gasteiger partial charge is 0.154 e. The van der Waals surface area contributed by atoms with Gasteiger partial charge in [0.2, 0.25) is 0 Å². The maximum Gasteiger partial charge on any atom is 0.154 e. The molecule has 2 nitrogen and oxygen atoms in total. The summed E-state index contributed by atoms with van der Waals surface area (Å²) < 4.78 is 0. The Bertz CT molecular complexity index is 212. The summed E-state index contributed by atoms with van der Waals surface area (Å²) in [6.07, 6.45) is 5.49.